The molecule has 0 unspecified atom stereocenters. The van der Waals surface area contributed by atoms with E-state index < -0.39 is 0 Å². The van der Waals surface area contributed by atoms with Crippen LogP contribution >= 0.6 is 0 Å². The lowest BCUT2D eigenvalue weighted by atomic mass is 10.0. The van der Waals surface area contributed by atoms with Gasteiger partial charge >= 0.3 is 0 Å². The highest BCUT2D eigenvalue weighted by Crippen LogP contribution is 2.28. The second-order valence-electron chi connectivity index (χ2n) is 6.88. The van der Waals surface area contributed by atoms with Crippen LogP contribution in [0.3, 0.4) is 0 Å². The van der Waals surface area contributed by atoms with Crippen molar-refractivity contribution in [3.05, 3.63) is 30.1 Å². The predicted molar refractivity (Wildman–Crippen MR) is 85.2 cm³/mol. The van der Waals surface area contributed by atoms with Gasteiger partial charge in [-0.15, -0.1) is 0 Å². The van der Waals surface area contributed by atoms with Crippen molar-refractivity contribution in [3.8, 4) is 0 Å². The molecule has 2 heterocycles. The second-order valence-corrected chi connectivity index (χ2v) is 6.88. The standard InChI is InChI=1S/C18H27N3O/c22-18(9-8-16-5-1-2-6-16)21-13-11-20(12-14-21)15-17-7-3-4-10-19-17/h3-4,7,10,16H,1-2,5-6,8-9,11-15H2/p+2. The highest BCUT2D eigenvalue weighted by Gasteiger charge is 2.25. The molecule has 4 nitrogen and oxygen atoms in total. The number of nitrogens with one attached hydrogen (secondary N) is 2. The van der Waals surface area contributed by atoms with Gasteiger partial charge in [0.25, 0.3) is 0 Å². The number of hydrogen-bond donors (Lipinski definition) is 1. The van der Waals surface area contributed by atoms with Crippen molar-refractivity contribution in [2.24, 2.45) is 5.92 Å². The molecule has 0 radical (unpaired) electrons. The molecular formula is C18H29N3O+2. The van der Waals surface area contributed by atoms with Crippen LogP contribution in [0.2, 0.25) is 0 Å². The number of hydrogen-bond acceptors (Lipinski definition) is 1. The van der Waals surface area contributed by atoms with Crippen LogP contribution in [0.25, 0.3) is 0 Å². The van der Waals surface area contributed by atoms with Gasteiger partial charge in [-0.1, -0.05) is 25.7 Å². The summed E-state index contributed by atoms with van der Waals surface area (Å²) in [5.41, 5.74) is 1.28. The lowest BCUT2D eigenvalue weighted by Gasteiger charge is -2.31. The second kappa shape index (κ2) is 7.73. The molecule has 1 aromatic heterocycles. The number of carbonyl (C=O) groups excluding carboxylic acids is 1. The zero-order valence-corrected chi connectivity index (χ0v) is 13.5. The Labute approximate surface area is 133 Å². The predicted octanol–water partition coefficient (Wildman–Crippen LogP) is 0.698. The first-order valence-electron chi connectivity index (χ1n) is 8.88. The number of carbonyl (C=O) groups is 1. The van der Waals surface area contributed by atoms with Crippen LogP contribution in [0.15, 0.2) is 24.4 Å². The third-order valence-electron chi connectivity index (χ3n) is 5.28. The van der Waals surface area contributed by atoms with Crippen molar-refractivity contribution in [1.82, 2.24) is 4.90 Å². The summed E-state index contributed by atoms with van der Waals surface area (Å²) in [6.45, 7) is 5.01. The van der Waals surface area contributed by atoms with E-state index in [2.05, 4.69) is 22.0 Å². The fourth-order valence-electron chi connectivity index (χ4n) is 3.84. The number of amides is 1. The first-order chi connectivity index (χ1) is 10.8. The molecule has 0 atom stereocenters. The van der Waals surface area contributed by atoms with E-state index in [1.165, 1.54) is 31.4 Å². The van der Waals surface area contributed by atoms with Crippen molar-refractivity contribution in [2.45, 2.75) is 45.1 Å². The largest absolute Gasteiger partial charge is 0.331 e. The Balaban J connectivity index is 1.38. The number of quaternary nitrogens is 1. The topological polar surface area (TPSA) is 38.9 Å². The summed E-state index contributed by atoms with van der Waals surface area (Å²) >= 11 is 0. The minimum absolute atomic E-state index is 0.386. The summed E-state index contributed by atoms with van der Waals surface area (Å²) in [7, 11) is 0. The molecule has 22 heavy (non-hydrogen) atoms. The van der Waals surface area contributed by atoms with Crippen molar-refractivity contribution in [2.75, 3.05) is 26.2 Å². The number of piperazine rings is 1. The van der Waals surface area contributed by atoms with Crippen molar-refractivity contribution < 1.29 is 14.7 Å². The molecule has 120 valence electrons. The van der Waals surface area contributed by atoms with Gasteiger partial charge in [-0.3, -0.25) is 4.79 Å². The number of H-pyrrole nitrogens is 1. The van der Waals surface area contributed by atoms with Crippen LogP contribution < -0.4 is 9.88 Å². The number of nitrogens with zero attached hydrogens (tertiary/aromatic N) is 1. The monoisotopic (exact) mass is 303 g/mol. The Morgan fingerprint density at radius 3 is 2.68 bits per heavy atom. The summed E-state index contributed by atoms with van der Waals surface area (Å²) in [5, 5.41) is 0. The maximum atomic E-state index is 12.3. The maximum absolute atomic E-state index is 12.3. The highest BCUT2D eigenvalue weighted by molar-refractivity contribution is 5.76. The van der Waals surface area contributed by atoms with Crippen LogP contribution in [0.4, 0.5) is 0 Å². The van der Waals surface area contributed by atoms with Gasteiger partial charge in [-0.25, -0.2) is 4.98 Å². The molecule has 1 saturated carbocycles. The average Bonchev–Trinajstić information content (AvgIpc) is 3.08. The highest BCUT2D eigenvalue weighted by atomic mass is 16.2. The smallest absolute Gasteiger partial charge is 0.234 e. The van der Waals surface area contributed by atoms with E-state index in [4.69, 9.17) is 0 Å². The first-order valence-corrected chi connectivity index (χ1v) is 8.88. The third kappa shape index (κ3) is 4.29. The Morgan fingerprint density at radius 1 is 1.23 bits per heavy atom. The van der Waals surface area contributed by atoms with Gasteiger partial charge in [-0.05, 0) is 18.4 Å². The lowest BCUT2D eigenvalue weighted by molar-refractivity contribution is -0.921. The molecule has 3 rings (SSSR count). The molecule has 2 fully saturated rings. The molecule has 1 saturated heterocycles. The van der Waals surface area contributed by atoms with Crippen molar-refractivity contribution in [1.29, 1.82) is 0 Å². The van der Waals surface area contributed by atoms with Gasteiger partial charge in [0.2, 0.25) is 11.6 Å². The number of rotatable bonds is 5. The van der Waals surface area contributed by atoms with Crippen molar-refractivity contribution in [3.63, 3.8) is 0 Å². The van der Waals surface area contributed by atoms with Gasteiger partial charge in [0.15, 0.2) is 12.7 Å². The van der Waals surface area contributed by atoms with E-state index in [1.807, 2.05) is 12.3 Å². The molecule has 1 aliphatic carbocycles. The molecule has 0 bridgehead atoms. The normalized spacial score (nSPS) is 20.5. The van der Waals surface area contributed by atoms with Gasteiger partial charge in [0, 0.05) is 18.6 Å². The lowest BCUT2D eigenvalue weighted by Crippen LogP contribution is -3.13. The Bertz CT molecular complexity index is 462. The zero-order chi connectivity index (χ0) is 15.2. The average molecular weight is 303 g/mol. The summed E-state index contributed by atoms with van der Waals surface area (Å²) in [4.78, 5) is 19.3. The summed E-state index contributed by atoms with van der Waals surface area (Å²) in [6.07, 6.45) is 9.31. The Kier molecular flexibility index (Phi) is 5.43. The molecule has 1 aliphatic heterocycles. The van der Waals surface area contributed by atoms with E-state index >= 15 is 0 Å². The van der Waals surface area contributed by atoms with E-state index in [-0.39, 0.29) is 0 Å². The minimum Gasteiger partial charge on any atom is -0.331 e. The SMILES string of the molecule is O=C(CCC1CCCC1)N1CC[NH+](Cc2cccc[nH+]2)CC1. The molecule has 1 aromatic rings. The van der Waals surface area contributed by atoms with Gasteiger partial charge in [-0.2, -0.15) is 0 Å². The number of aromatic amines is 1. The molecular weight excluding hydrogens is 274 g/mol. The van der Waals surface area contributed by atoms with Gasteiger partial charge in [0.1, 0.15) is 0 Å². The van der Waals surface area contributed by atoms with Crippen LogP contribution in [0.5, 0.6) is 0 Å². The molecule has 1 amide bonds. The fraction of sp³-hybridized carbons (Fsp3) is 0.667. The van der Waals surface area contributed by atoms with E-state index in [1.54, 1.807) is 4.90 Å². The fourth-order valence-corrected chi connectivity index (χ4v) is 3.84. The molecule has 2 N–H and O–H groups in total. The van der Waals surface area contributed by atoms with Crippen LogP contribution in [-0.2, 0) is 11.3 Å². The van der Waals surface area contributed by atoms with Crippen LogP contribution in [-0.4, -0.2) is 37.0 Å². The number of aromatic nitrogens is 1. The summed E-state index contributed by atoms with van der Waals surface area (Å²) in [5.74, 6) is 1.21. The molecule has 4 heteroatoms. The van der Waals surface area contributed by atoms with E-state index in [0.29, 0.717) is 5.91 Å². The van der Waals surface area contributed by atoms with Crippen LogP contribution in [0, 0.1) is 5.92 Å². The number of pyridine rings is 1. The van der Waals surface area contributed by atoms with Gasteiger partial charge < -0.3 is 9.80 Å². The molecule has 0 spiro atoms. The maximum Gasteiger partial charge on any atom is 0.234 e. The minimum atomic E-state index is 0.386. The Hall–Kier alpha value is -1.42. The van der Waals surface area contributed by atoms with E-state index in [0.717, 1.165) is 51.5 Å². The quantitative estimate of drug-likeness (QED) is 0.854. The zero-order valence-electron chi connectivity index (χ0n) is 13.5. The summed E-state index contributed by atoms with van der Waals surface area (Å²) < 4.78 is 0. The summed E-state index contributed by atoms with van der Waals surface area (Å²) in [6, 6.07) is 6.24. The molecule has 2 aliphatic rings. The van der Waals surface area contributed by atoms with Crippen LogP contribution in [0.1, 0.15) is 44.2 Å². The third-order valence-corrected chi connectivity index (χ3v) is 5.28. The van der Waals surface area contributed by atoms with Crippen molar-refractivity contribution >= 4 is 5.91 Å². The Morgan fingerprint density at radius 2 is 2.00 bits per heavy atom. The van der Waals surface area contributed by atoms with Gasteiger partial charge in [0.05, 0.1) is 26.2 Å². The molecule has 0 aromatic carbocycles. The van der Waals surface area contributed by atoms with E-state index in [9.17, 15) is 4.79 Å². The first kappa shape index (κ1) is 15.5.